The number of aromatic nitrogens is 4. The molecule has 33 heavy (non-hydrogen) atoms. The second-order valence-electron chi connectivity index (χ2n) is 8.14. The Kier molecular flexibility index (Phi) is 6.34. The van der Waals surface area contributed by atoms with E-state index in [2.05, 4.69) is 25.3 Å². The van der Waals surface area contributed by atoms with Crippen molar-refractivity contribution in [1.82, 2.24) is 24.5 Å². The van der Waals surface area contributed by atoms with Crippen molar-refractivity contribution in [2.24, 2.45) is 10.2 Å². The molecule has 4 rings (SSSR count). The van der Waals surface area contributed by atoms with Crippen molar-refractivity contribution in [3.8, 4) is 16.9 Å². The molecule has 0 spiro atoms. The first-order chi connectivity index (χ1) is 15.6. The summed E-state index contributed by atoms with van der Waals surface area (Å²) in [5, 5.41) is 12.0. The van der Waals surface area contributed by atoms with Gasteiger partial charge in [-0.1, -0.05) is 21.2 Å². The lowest BCUT2D eigenvalue weighted by molar-refractivity contribution is -0.462. The fourth-order valence-electron chi connectivity index (χ4n) is 3.32. The van der Waals surface area contributed by atoms with Crippen molar-refractivity contribution >= 4 is 35.6 Å². The second-order valence-corrected chi connectivity index (χ2v) is 8.89. The maximum atomic E-state index is 15.3. The van der Waals surface area contributed by atoms with E-state index in [4.69, 9.17) is 28.8 Å². The van der Waals surface area contributed by atoms with Gasteiger partial charge < -0.3 is 9.64 Å². The van der Waals surface area contributed by atoms with E-state index in [0.29, 0.717) is 13.0 Å². The Labute approximate surface area is 199 Å². The maximum absolute atomic E-state index is 15.3. The van der Waals surface area contributed by atoms with Crippen LogP contribution in [0.15, 0.2) is 28.7 Å². The molecular weight excluding hydrogens is 474 g/mol. The molecule has 13 heteroatoms. The first kappa shape index (κ1) is 23.5. The standard InChI is InChI=1S/C20H22ClF2N8OS/c1-11(20(2)27-28-20)31(33)18-16(17(21)26-19-24-10-25-30(18)19)15-13(22)8-12(9-14(15)23)32-7-5-6-29(3)4/h8-11H,5-7H2,1-4H3/q+1/t11-/m0/s1. The summed E-state index contributed by atoms with van der Waals surface area (Å²) in [4.78, 5) is 10.2. The summed E-state index contributed by atoms with van der Waals surface area (Å²) >= 11 is 12.0. The number of rotatable bonds is 9. The molecule has 0 saturated heterocycles. The molecule has 0 bridgehead atoms. The number of hydrogen-bond donors (Lipinski definition) is 0. The summed E-state index contributed by atoms with van der Waals surface area (Å²) in [6.07, 6.45) is 1.96. The molecular formula is C20H22ClF2N8OS+. The first-order valence-electron chi connectivity index (χ1n) is 10.2. The molecule has 1 aromatic carbocycles. The van der Waals surface area contributed by atoms with Crippen LogP contribution in [0.5, 0.6) is 5.75 Å². The predicted molar refractivity (Wildman–Crippen MR) is 120 cm³/mol. The minimum atomic E-state index is -0.870. The third-order valence-electron chi connectivity index (χ3n) is 5.41. The molecule has 3 heterocycles. The van der Waals surface area contributed by atoms with Gasteiger partial charge in [-0.15, -0.1) is 0 Å². The molecule has 0 radical (unpaired) electrons. The Bertz CT molecular complexity index is 1240. The van der Waals surface area contributed by atoms with E-state index in [1.54, 1.807) is 13.8 Å². The van der Waals surface area contributed by atoms with Crippen molar-refractivity contribution in [2.75, 3.05) is 27.2 Å². The highest BCUT2D eigenvalue weighted by atomic mass is 35.5. The molecule has 0 aliphatic carbocycles. The summed E-state index contributed by atoms with van der Waals surface area (Å²) in [5.74, 6) is -1.39. The zero-order chi connectivity index (χ0) is 23.9. The van der Waals surface area contributed by atoms with Gasteiger partial charge in [0.1, 0.15) is 35.4 Å². The van der Waals surface area contributed by atoms with Crippen LogP contribution in [0.4, 0.5) is 14.6 Å². The van der Waals surface area contributed by atoms with E-state index in [1.807, 2.05) is 19.0 Å². The van der Waals surface area contributed by atoms with Crippen LogP contribution in [0.2, 0.25) is 5.15 Å². The van der Waals surface area contributed by atoms with Crippen LogP contribution >= 0.6 is 11.6 Å². The molecule has 0 fully saturated rings. The predicted octanol–water partition coefficient (Wildman–Crippen LogP) is 4.00. The molecule has 9 nitrogen and oxygen atoms in total. The highest BCUT2D eigenvalue weighted by molar-refractivity contribution is 7.44. The third kappa shape index (κ3) is 4.55. The number of nitrogens with zero attached hydrogens (tertiary/aromatic N) is 8. The molecule has 0 amide bonds. The van der Waals surface area contributed by atoms with Crippen LogP contribution < -0.4 is 4.74 Å². The summed E-state index contributed by atoms with van der Waals surface area (Å²) in [5.41, 5.74) is -1.18. The Morgan fingerprint density at radius 1 is 1.24 bits per heavy atom. The van der Waals surface area contributed by atoms with Gasteiger partial charge in [-0.25, -0.2) is 8.78 Å². The number of fused-ring (bicyclic) bond motifs is 1. The zero-order valence-electron chi connectivity index (χ0n) is 18.5. The van der Waals surface area contributed by atoms with Crippen molar-refractivity contribution in [1.29, 1.82) is 0 Å². The Morgan fingerprint density at radius 3 is 2.52 bits per heavy atom. The van der Waals surface area contributed by atoms with Crippen LogP contribution in [0, 0.1) is 11.6 Å². The monoisotopic (exact) mass is 495 g/mol. The Balaban J connectivity index is 1.78. The van der Waals surface area contributed by atoms with E-state index in [-0.39, 0.29) is 28.1 Å². The van der Waals surface area contributed by atoms with Gasteiger partial charge in [0.25, 0.3) is 0 Å². The Hall–Kier alpha value is -2.70. The van der Waals surface area contributed by atoms with E-state index >= 15 is 8.78 Å². The van der Waals surface area contributed by atoms with Gasteiger partial charge in [0.05, 0.1) is 12.2 Å². The van der Waals surface area contributed by atoms with Crippen LogP contribution in [0.1, 0.15) is 20.3 Å². The minimum absolute atomic E-state index is 0.0464. The van der Waals surface area contributed by atoms with Crippen LogP contribution in [-0.4, -0.2) is 67.4 Å². The average Bonchev–Trinajstić information content (AvgIpc) is 3.33. The van der Waals surface area contributed by atoms with Crippen molar-refractivity contribution in [2.45, 2.75) is 32.0 Å². The molecule has 0 N–H and O–H groups in total. The van der Waals surface area contributed by atoms with Gasteiger partial charge in [-0.3, -0.25) is 0 Å². The van der Waals surface area contributed by atoms with Crippen molar-refractivity contribution in [3.05, 3.63) is 35.2 Å². The summed E-state index contributed by atoms with van der Waals surface area (Å²) in [6.45, 7) is 4.70. The highest BCUT2D eigenvalue weighted by Gasteiger charge is 2.48. The normalized spacial score (nSPS) is 15.3. The maximum Gasteiger partial charge on any atom is 0.350 e. The first-order valence-corrected chi connectivity index (χ1v) is 10.9. The number of ether oxygens (including phenoxy) is 1. The van der Waals surface area contributed by atoms with Gasteiger partial charge in [0.2, 0.25) is 5.66 Å². The van der Waals surface area contributed by atoms with E-state index in [1.165, 1.54) is 14.8 Å². The van der Waals surface area contributed by atoms with E-state index in [9.17, 15) is 0 Å². The summed E-state index contributed by atoms with van der Waals surface area (Å²) < 4.78 is 38.7. The molecule has 1 aliphatic rings. The van der Waals surface area contributed by atoms with Crippen LogP contribution in [0.3, 0.4) is 0 Å². The fourth-order valence-corrected chi connectivity index (χ4v) is 3.94. The molecule has 1 aliphatic heterocycles. The van der Waals surface area contributed by atoms with Crippen LogP contribution in [-0.2, 0) is 12.4 Å². The van der Waals surface area contributed by atoms with Crippen molar-refractivity contribution in [3.63, 3.8) is 0 Å². The molecule has 1 atom stereocenters. The minimum Gasteiger partial charge on any atom is -0.493 e. The average molecular weight is 496 g/mol. The highest BCUT2D eigenvalue weighted by Crippen LogP contribution is 2.42. The third-order valence-corrected chi connectivity index (χ3v) is 6.17. The summed E-state index contributed by atoms with van der Waals surface area (Å²) in [7, 11) is 3.87. The lowest BCUT2D eigenvalue weighted by Crippen LogP contribution is -2.33. The van der Waals surface area contributed by atoms with Gasteiger partial charge in [-0.05, 0) is 34.4 Å². The molecule has 0 saturated carbocycles. The lowest BCUT2D eigenvalue weighted by Gasteiger charge is -2.16. The van der Waals surface area contributed by atoms with E-state index < -0.39 is 28.9 Å². The Morgan fingerprint density at radius 2 is 1.91 bits per heavy atom. The van der Waals surface area contributed by atoms with Gasteiger partial charge in [-0.2, -0.15) is 24.1 Å². The lowest BCUT2D eigenvalue weighted by atomic mass is 10.0. The SMILES string of the molecule is C[C@H]([N+](=S)c1c(-c2c(F)cc(OCCCN(C)C)cc2F)c(Cl)nc2ncnn12)C1(C)N=N1. The largest absolute Gasteiger partial charge is 0.493 e. The molecule has 0 unspecified atom stereocenters. The molecule has 174 valence electrons. The fraction of sp³-hybridized carbons (Fsp3) is 0.450. The van der Waals surface area contributed by atoms with Gasteiger partial charge in [0, 0.05) is 18.7 Å². The van der Waals surface area contributed by atoms with E-state index in [0.717, 1.165) is 18.7 Å². The smallest absolute Gasteiger partial charge is 0.350 e. The second kappa shape index (κ2) is 8.92. The molecule has 3 aromatic rings. The summed E-state index contributed by atoms with van der Waals surface area (Å²) in [6, 6.07) is 1.79. The van der Waals surface area contributed by atoms with Gasteiger partial charge in [0.15, 0.2) is 17.5 Å². The topological polar surface area (TPSA) is 83.3 Å². The van der Waals surface area contributed by atoms with Gasteiger partial charge >= 0.3 is 11.6 Å². The number of hydrogen-bond acceptors (Lipinski definition) is 8. The number of halogens is 3. The van der Waals surface area contributed by atoms with Crippen molar-refractivity contribution < 1.29 is 17.5 Å². The molecule has 2 aromatic heterocycles. The van der Waals surface area contributed by atoms with Crippen LogP contribution in [0.25, 0.3) is 16.9 Å². The number of benzene rings is 1. The zero-order valence-corrected chi connectivity index (χ0v) is 20.0. The quantitative estimate of drug-likeness (QED) is 0.253.